The van der Waals surface area contributed by atoms with Crippen molar-refractivity contribution in [2.24, 2.45) is 0 Å². The summed E-state index contributed by atoms with van der Waals surface area (Å²) in [5, 5.41) is 2.30. The molecule has 0 aromatic heterocycles. The van der Waals surface area contributed by atoms with Gasteiger partial charge in [-0.05, 0) is 44.8 Å². The van der Waals surface area contributed by atoms with Crippen LogP contribution >= 0.6 is 27.5 Å². The molecule has 1 heterocycles. The largest absolute Gasteiger partial charge is 0.326 e. The fourth-order valence-electron chi connectivity index (χ4n) is 2.30. The molecule has 0 saturated carbocycles. The summed E-state index contributed by atoms with van der Waals surface area (Å²) in [6.07, 6.45) is 0.358. The molecule has 0 saturated heterocycles. The topological polar surface area (TPSA) is 29.1 Å². The van der Waals surface area contributed by atoms with Gasteiger partial charge in [0.1, 0.15) is 5.82 Å². The van der Waals surface area contributed by atoms with Gasteiger partial charge in [-0.25, -0.2) is 4.39 Å². The summed E-state index contributed by atoms with van der Waals surface area (Å²) >= 11 is 9.67. The van der Waals surface area contributed by atoms with E-state index in [4.69, 9.17) is 11.6 Å². The molecule has 0 spiro atoms. The Morgan fingerprint density at radius 1 is 1.30 bits per heavy atom. The van der Waals surface area contributed by atoms with Gasteiger partial charge in [0.2, 0.25) is 5.91 Å². The first-order chi connectivity index (χ1) is 9.56. The number of carbonyl (C=O) groups excluding carboxylic acids is 1. The molecule has 102 valence electrons. The monoisotopic (exact) mass is 353 g/mol. The van der Waals surface area contributed by atoms with Crippen LogP contribution in [0.1, 0.15) is 22.1 Å². The number of anilines is 1. The molecule has 0 radical (unpaired) electrons. The average Bonchev–Trinajstić information content (AvgIpc) is 2.80. The zero-order valence-corrected chi connectivity index (χ0v) is 12.6. The molecule has 2 aromatic carbocycles. The number of amides is 1. The summed E-state index contributed by atoms with van der Waals surface area (Å²) in [5.41, 5.74) is 3.25. The standard InChI is InChI=1S/C15H10BrClFNO/c16-14-10(2-1-3-11(14)18)15(17)8-4-5-12-9(6-8)7-13(20)19-12/h1-6,15H,7H2,(H,19,20). The molecule has 2 nitrogen and oxygen atoms in total. The highest BCUT2D eigenvalue weighted by Gasteiger charge is 2.21. The second-order valence-electron chi connectivity index (χ2n) is 4.65. The van der Waals surface area contributed by atoms with Gasteiger partial charge in [-0.2, -0.15) is 0 Å². The van der Waals surface area contributed by atoms with E-state index in [0.717, 1.165) is 16.8 Å². The second-order valence-corrected chi connectivity index (χ2v) is 5.88. The number of hydrogen-bond acceptors (Lipinski definition) is 1. The highest BCUT2D eigenvalue weighted by molar-refractivity contribution is 9.10. The Hall–Kier alpha value is -1.39. The van der Waals surface area contributed by atoms with Crippen molar-refractivity contribution in [1.29, 1.82) is 0 Å². The molecule has 5 heteroatoms. The molecule has 3 rings (SSSR count). The van der Waals surface area contributed by atoms with Crippen molar-refractivity contribution < 1.29 is 9.18 Å². The van der Waals surface area contributed by atoms with Gasteiger partial charge in [-0.15, -0.1) is 11.6 Å². The minimum Gasteiger partial charge on any atom is -0.326 e. The molecule has 1 N–H and O–H groups in total. The van der Waals surface area contributed by atoms with Crippen molar-refractivity contribution in [3.63, 3.8) is 0 Å². The van der Waals surface area contributed by atoms with Gasteiger partial charge in [-0.3, -0.25) is 4.79 Å². The maximum absolute atomic E-state index is 13.6. The summed E-state index contributed by atoms with van der Waals surface area (Å²) < 4.78 is 13.9. The third-order valence-corrected chi connectivity index (χ3v) is 4.63. The lowest BCUT2D eigenvalue weighted by molar-refractivity contribution is -0.115. The molecule has 1 unspecified atom stereocenters. The SMILES string of the molecule is O=C1Cc2cc(C(Cl)c3cccc(F)c3Br)ccc2N1. The van der Waals surface area contributed by atoms with Crippen LogP contribution in [0, 0.1) is 5.82 Å². The summed E-state index contributed by atoms with van der Waals surface area (Å²) in [5.74, 6) is -0.360. The first kappa shape index (κ1) is 13.6. The molecule has 20 heavy (non-hydrogen) atoms. The van der Waals surface area contributed by atoms with Crippen LogP contribution in [0.3, 0.4) is 0 Å². The first-order valence-corrected chi connectivity index (χ1v) is 7.30. The fourth-order valence-corrected chi connectivity index (χ4v) is 3.25. The predicted molar refractivity (Wildman–Crippen MR) is 80.6 cm³/mol. The smallest absolute Gasteiger partial charge is 0.228 e. The minimum absolute atomic E-state index is 0.0183. The second kappa shape index (κ2) is 5.19. The molecule has 1 aliphatic heterocycles. The van der Waals surface area contributed by atoms with E-state index < -0.39 is 5.38 Å². The van der Waals surface area contributed by atoms with Crippen molar-refractivity contribution >= 4 is 39.1 Å². The van der Waals surface area contributed by atoms with E-state index in [1.165, 1.54) is 6.07 Å². The minimum atomic E-state index is -0.471. The van der Waals surface area contributed by atoms with Crippen molar-refractivity contribution in [3.8, 4) is 0 Å². The van der Waals surface area contributed by atoms with E-state index in [0.29, 0.717) is 16.5 Å². The van der Waals surface area contributed by atoms with E-state index in [1.54, 1.807) is 12.1 Å². The number of alkyl halides is 1. The number of nitrogens with one attached hydrogen (secondary N) is 1. The van der Waals surface area contributed by atoms with Crippen LogP contribution in [0.25, 0.3) is 0 Å². The van der Waals surface area contributed by atoms with Crippen molar-refractivity contribution in [1.82, 2.24) is 0 Å². The lowest BCUT2D eigenvalue weighted by atomic mass is 10.0. The summed E-state index contributed by atoms with van der Waals surface area (Å²) in [7, 11) is 0. The molecule has 1 amide bonds. The van der Waals surface area contributed by atoms with Crippen molar-refractivity contribution in [2.45, 2.75) is 11.8 Å². The van der Waals surface area contributed by atoms with E-state index in [1.807, 2.05) is 18.2 Å². The molecule has 0 fully saturated rings. The normalized spacial score (nSPS) is 14.8. The maximum atomic E-state index is 13.6. The Morgan fingerprint density at radius 2 is 2.10 bits per heavy atom. The quantitative estimate of drug-likeness (QED) is 0.795. The predicted octanol–water partition coefficient (Wildman–Crippen LogP) is 4.41. The number of carbonyl (C=O) groups is 1. The van der Waals surface area contributed by atoms with Crippen LogP contribution in [0.2, 0.25) is 0 Å². The average molecular weight is 355 g/mol. The third kappa shape index (κ3) is 2.34. The number of fused-ring (bicyclic) bond motifs is 1. The Morgan fingerprint density at radius 3 is 2.90 bits per heavy atom. The van der Waals surface area contributed by atoms with Gasteiger partial charge in [0.15, 0.2) is 0 Å². The molecule has 1 aliphatic rings. The number of hydrogen-bond donors (Lipinski definition) is 1. The Labute approximate surface area is 129 Å². The van der Waals surface area contributed by atoms with Crippen LogP contribution in [0.4, 0.5) is 10.1 Å². The van der Waals surface area contributed by atoms with E-state index in [2.05, 4.69) is 21.2 Å². The van der Waals surface area contributed by atoms with E-state index in [-0.39, 0.29) is 11.7 Å². The number of rotatable bonds is 2. The molecule has 0 aliphatic carbocycles. The lowest BCUT2D eigenvalue weighted by Crippen LogP contribution is -2.03. The first-order valence-electron chi connectivity index (χ1n) is 6.07. The molecular formula is C15H10BrClFNO. The Balaban J connectivity index is 1.99. The van der Waals surface area contributed by atoms with Gasteiger partial charge >= 0.3 is 0 Å². The lowest BCUT2D eigenvalue weighted by Gasteiger charge is -2.14. The van der Waals surface area contributed by atoms with Crippen molar-refractivity contribution in [2.75, 3.05) is 5.32 Å². The Kier molecular flexibility index (Phi) is 3.52. The zero-order valence-electron chi connectivity index (χ0n) is 10.3. The fraction of sp³-hybridized carbons (Fsp3) is 0.133. The van der Waals surface area contributed by atoms with E-state index in [9.17, 15) is 9.18 Å². The van der Waals surface area contributed by atoms with Crippen LogP contribution in [0.5, 0.6) is 0 Å². The number of halogens is 3. The summed E-state index contributed by atoms with van der Waals surface area (Å²) in [4.78, 5) is 11.3. The Bertz CT molecular complexity index is 704. The summed E-state index contributed by atoms with van der Waals surface area (Å²) in [6.45, 7) is 0. The van der Waals surface area contributed by atoms with Gasteiger partial charge in [-0.1, -0.05) is 24.3 Å². The molecule has 0 bridgehead atoms. The van der Waals surface area contributed by atoms with Gasteiger partial charge in [0, 0.05) is 5.69 Å². The molecular weight excluding hydrogens is 345 g/mol. The van der Waals surface area contributed by atoms with Crippen molar-refractivity contribution in [3.05, 3.63) is 63.4 Å². The molecule has 1 atom stereocenters. The maximum Gasteiger partial charge on any atom is 0.228 e. The number of benzene rings is 2. The van der Waals surface area contributed by atoms with Gasteiger partial charge in [0.05, 0.1) is 16.3 Å². The zero-order chi connectivity index (χ0) is 14.3. The summed E-state index contributed by atoms with van der Waals surface area (Å²) in [6, 6.07) is 10.4. The molecule has 2 aromatic rings. The third-order valence-electron chi connectivity index (χ3n) is 3.30. The highest BCUT2D eigenvalue weighted by atomic mass is 79.9. The van der Waals surface area contributed by atoms with Gasteiger partial charge < -0.3 is 5.32 Å². The van der Waals surface area contributed by atoms with E-state index >= 15 is 0 Å². The van der Waals surface area contributed by atoms with Gasteiger partial charge in [0.25, 0.3) is 0 Å². The van der Waals surface area contributed by atoms with Crippen LogP contribution in [0.15, 0.2) is 40.9 Å². The highest BCUT2D eigenvalue weighted by Crippen LogP contribution is 2.37. The van der Waals surface area contributed by atoms with Crippen LogP contribution in [-0.2, 0) is 11.2 Å². The van der Waals surface area contributed by atoms with Crippen LogP contribution < -0.4 is 5.32 Å². The van der Waals surface area contributed by atoms with Crippen LogP contribution in [-0.4, -0.2) is 5.91 Å².